The van der Waals surface area contributed by atoms with Crippen molar-refractivity contribution < 1.29 is 13.2 Å². The molecule has 0 fully saturated rings. The second-order valence-corrected chi connectivity index (χ2v) is 5.25. The number of thiophene rings is 1. The highest BCUT2D eigenvalue weighted by Crippen LogP contribution is 2.33. The second-order valence-electron chi connectivity index (χ2n) is 4.30. The molecule has 0 unspecified atom stereocenters. The van der Waals surface area contributed by atoms with Crippen molar-refractivity contribution in [2.75, 3.05) is 0 Å². The Kier molecular flexibility index (Phi) is 3.47. The van der Waals surface area contributed by atoms with Crippen molar-refractivity contribution >= 4 is 11.3 Å². The maximum atomic E-state index is 13.0. The molecule has 2 heterocycles. The van der Waals surface area contributed by atoms with Crippen molar-refractivity contribution in [1.29, 1.82) is 0 Å². The van der Waals surface area contributed by atoms with Gasteiger partial charge in [-0.1, -0.05) is 36.4 Å². The monoisotopic (exact) mass is 306 g/mol. The molecule has 0 aliphatic carbocycles. The number of hydrogen-bond acceptors (Lipinski definition) is 3. The zero-order valence-electron chi connectivity index (χ0n) is 10.6. The molecule has 0 spiro atoms. The zero-order chi connectivity index (χ0) is 14.9. The van der Waals surface area contributed by atoms with Crippen molar-refractivity contribution in [3.63, 3.8) is 0 Å². The lowest BCUT2D eigenvalue weighted by atomic mass is 10.2. The van der Waals surface area contributed by atoms with Gasteiger partial charge in [0.15, 0.2) is 5.82 Å². The summed E-state index contributed by atoms with van der Waals surface area (Å²) in [4.78, 5) is 8.59. The van der Waals surface area contributed by atoms with E-state index in [0.717, 1.165) is 6.07 Å². The third-order valence-electron chi connectivity index (χ3n) is 2.82. The highest BCUT2D eigenvalue weighted by molar-refractivity contribution is 7.13. The molecule has 2 aromatic heterocycles. The number of halogens is 3. The van der Waals surface area contributed by atoms with Gasteiger partial charge in [0.1, 0.15) is 5.69 Å². The molecule has 2 nitrogen and oxygen atoms in total. The summed E-state index contributed by atoms with van der Waals surface area (Å²) in [5.74, 6) is 0.0776. The molecule has 3 aromatic rings. The maximum absolute atomic E-state index is 13.0. The summed E-state index contributed by atoms with van der Waals surface area (Å²) < 4.78 is 39.1. The minimum absolute atomic E-state index is 0.0776. The van der Waals surface area contributed by atoms with Crippen molar-refractivity contribution in [1.82, 2.24) is 9.97 Å². The number of rotatable bonds is 2. The van der Waals surface area contributed by atoms with Gasteiger partial charge in [0.25, 0.3) is 0 Å². The minimum Gasteiger partial charge on any atom is -0.227 e. The first-order valence-electron chi connectivity index (χ1n) is 6.09. The SMILES string of the molecule is FC(F)(F)c1cc(-c2cccs2)nc(-c2ccccc2)n1. The standard InChI is InChI=1S/C15H9F3N2S/c16-15(17,18)13-9-11(12-7-4-8-21-12)19-14(20-13)10-5-2-1-3-6-10/h1-9H. The lowest BCUT2D eigenvalue weighted by molar-refractivity contribution is -0.141. The van der Waals surface area contributed by atoms with Crippen LogP contribution in [-0.2, 0) is 6.18 Å². The van der Waals surface area contributed by atoms with Gasteiger partial charge in [0.05, 0.1) is 10.6 Å². The first-order chi connectivity index (χ1) is 10.0. The molecule has 0 saturated carbocycles. The Hall–Kier alpha value is -2.21. The largest absolute Gasteiger partial charge is 0.433 e. The normalized spacial score (nSPS) is 11.6. The van der Waals surface area contributed by atoms with Crippen LogP contribution < -0.4 is 0 Å². The van der Waals surface area contributed by atoms with Gasteiger partial charge in [-0.25, -0.2) is 9.97 Å². The average molecular weight is 306 g/mol. The number of aromatic nitrogens is 2. The van der Waals surface area contributed by atoms with Gasteiger partial charge in [-0.3, -0.25) is 0 Å². The molecule has 106 valence electrons. The predicted molar refractivity (Wildman–Crippen MR) is 75.8 cm³/mol. The Labute approximate surface area is 122 Å². The summed E-state index contributed by atoms with van der Waals surface area (Å²) in [5.41, 5.74) is -0.0904. The molecule has 0 N–H and O–H groups in total. The van der Waals surface area contributed by atoms with Crippen LogP contribution in [0.1, 0.15) is 5.69 Å². The van der Waals surface area contributed by atoms with Gasteiger partial charge in [-0.05, 0) is 17.5 Å². The number of alkyl halides is 3. The number of benzene rings is 1. The van der Waals surface area contributed by atoms with Crippen molar-refractivity contribution in [3.05, 3.63) is 59.6 Å². The van der Waals surface area contributed by atoms with E-state index in [0.29, 0.717) is 10.4 Å². The van der Waals surface area contributed by atoms with Crippen LogP contribution in [0.5, 0.6) is 0 Å². The first-order valence-corrected chi connectivity index (χ1v) is 6.97. The Morgan fingerprint density at radius 3 is 2.29 bits per heavy atom. The van der Waals surface area contributed by atoms with E-state index in [4.69, 9.17) is 0 Å². The van der Waals surface area contributed by atoms with Gasteiger partial charge in [-0.2, -0.15) is 13.2 Å². The van der Waals surface area contributed by atoms with E-state index in [2.05, 4.69) is 9.97 Å². The summed E-state index contributed by atoms with van der Waals surface area (Å²) in [5, 5.41) is 1.80. The highest BCUT2D eigenvalue weighted by atomic mass is 32.1. The van der Waals surface area contributed by atoms with Gasteiger partial charge in [0.2, 0.25) is 0 Å². The molecule has 0 saturated heterocycles. The van der Waals surface area contributed by atoms with E-state index < -0.39 is 11.9 Å². The number of hydrogen-bond donors (Lipinski definition) is 0. The quantitative estimate of drug-likeness (QED) is 0.673. The average Bonchev–Trinajstić information content (AvgIpc) is 3.01. The van der Waals surface area contributed by atoms with Crippen LogP contribution in [0.3, 0.4) is 0 Å². The predicted octanol–water partition coefficient (Wildman–Crippen LogP) is 4.89. The summed E-state index contributed by atoms with van der Waals surface area (Å²) in [7, 11) is 0. The van der Waals surface area contributed by atoms with E-state index in [-0.39, 0.29) is 11.5 Å². The van der Waals surface area contributed by atoms with Gasteiger partial charge >= 0.3 is 6.18 Å². The zero-order valence-corrected chi connectivity index (χ0v) is 11.4. The molecule has 0 bridgehead atoms. The van der Waals surface area contributed by atoms with E-state index in [1.54, 1.807) is 47.8 Å². The van der Waals surface area contributed by atoms with Crippen molar-refractivity contribution in [3.8, 4) is 22.0 Å². The maximum Gasteiger partial charge on any atom is 0.433 e. The van der Waals surface area contributed by atoms with Crippen LogP contribution in [0.15, 0.2) is 53.9 Å². The molecule has 1 aromatic carbocycles. The molecular formula is C15H9F3N2S. The Balaban J connectivity index is 2.19. The molecule has 6 heteroatoms. The second kappa shape index (κ2) is 5.29. The third kappa shape index (κ3) is 2.95. The van der Waals surface area contributed by atoms with Crippen LogP contribution >= 0.6 is 11.3 Å². The van der Waals surface area contributed by atoms with E-state index in [1.807, 2.05) is 0 Å². The molecule has 0 aliphatic heterocycles. The molecule has 0 radical (unpaired) electrons. The van der Waals surface area contributed by atoms with Crippen LogP contribution in [0.25, 0.3) is 22.0 Å². The Bertz CT molecular complexity index is 737. The fourth-order valence-electron chi connectivity index (χ4n) is 1.86. The number of nitrogens with zero attached hydrogens (tertiary/aromatic N) is 2. The van der Waals surface area contributed by atoms with Gasteiger partial charge in [-0.15, -0.1) is 11.3 Å². The fraction of sp³-hybridized carbons (Fsp3) is 0.0667. The van der Waals surface area contributed by atoms with Crippen LogP contribution in [0, 0.1) is 0 Å². The molecule has 0 aliphatic rings. The highest BCUT2D eigenvalue weighted by Gasteiger charge is 2.34. The Morgan fingerprint density at radius 1 is 0.905 bits per heavy atom. The molecule has 0 atom stereocenters. The van der Waals surface area contributed by atoms with Crippen LogP contribution in [-0.4, -0.2) is 9.97 Å². The molecular weight excluding hydrogens is 297 g/mol. The topological polar surface area (TPSA) is 25.8 Å². The summed E-state index contributed by atoms with van der Waals surface area (Å²) in [6.45, 7) is 0. The lowest BCUT2D eigenvalue weighted by Gasteiger charge is -2.10. The van der Waals surface area contributed by atoms with Crippen molar-refractivity contribution in [2.45, 2.75) is 6.18 Å². The van der Waals surface area contributed by atoms with E-state index in [1.165, 1.54) is 11.3 Å². The van der Waals surface area contributed by atoms with Crippen LogP contribution in [0.2, 0.25) is 0 Å². The fourth-order valence-corrected chi connectivity index (χ4v) is 2.55. The minimum atomic E-state index is -4.50. The van der Waals surface area contributed by atoms with Crippen LogP contribution in [0.4, 0.5) is 13.2 Å². The first kappa shape index (κ1) is 13.8. The third-order valence-corrected chi connectivity index (χ3v) is 3.71. The van der Waals surface area contributed by atoms with Gasteiger partial charge < -0.3 is 0 Å². The Morgan fingerprint density at radius 2 is 1.67 bits per heavy atom. The lowest BCUT2D eigenvalue weighted by Crippen LogP contribution is -2.10. The van der Waals surface area contributed by atoms with Crippen molar-refractivity contribution in [2.24, 2.45) is 0 Å². The summed E-state index contributed by atoms with van der Waals surface area (Å²) in [6, 6.07) is 13.1. The van der Waals surface area contributed by atoms with E-state index >= 15 is 0 Å². The molecule has 3 rings (SSSR count). The van der Waals surface area contributed by atoms with Gasteiger partial charge in [0, 0.05) is 5.56 Å². The molecule has 0 amide bonds. The summed E-state index contributed by atoms with van der Waals surface area (Å²) in [6.07, 6.45) is -4.50. The summed E-state index contributed by atoms with van der Waals surface area (Å²) >= 11 is 1.34. The molecule has 21 heavy (non-hydrogen) atoms. The van der Waals surface area contributed by atoms with E-state index in [9.17, 15) is 13.2 Å². The smallest absolute Gasteiger partial charge is 0.227 e.